The van der Waals surface area contributed by atoms with Crippen LogP contribution in [0.3, 0.4) is 0 Å². The summed E-state index contributed by atoms with van der Waals surface area (Å²) >= 11 is 0. The summed E-state index contributed by atoms with van der Waals surface area (Å²) in [6, 6.07) is 6.49. The SMILES string of the molecule is CC(=O)Nc1ccc(C(=O)OCC(=O)N[C@@H]2CCCC[C@@H]2C)cc1. The van der Waals surface area contributed by atoms with E-state index in [-0.39, 0.29) is 24.5 Å². The number of benzene rings is 1. The lowest BCUT2D eigenvalue weighted by atomic mass is 9.86. The molecule has 1 aliphatic carbocycles. The number of anilines is 1. The summed E-state index contributed by atoms with van der Waals surface area (Å²) in [6.45, 7) is 3.26. The number of amides is 2. The van der Waals surface area contributed by atoms with Crippen LogP contribution in [0.4, 0.5) is 5.69 Å². The van der Waals surface area contributed by atoms with E-state index >= 15 is 0 Å². The first-order chi connectivity index (χ1) is 11.5. The second kappa shape index (κ2) is 8.47. The highest BCUT2D eigenvalue weighted by atomic mass is 16.5. The molecule has 0 aliphatic heterocycles. The summed E-state index contributed by atoms with van der Waals surface area (Å²) < 4.78 is 5.05. The minimum absolute atomic E-state index is 0.168. The number of hydrogen-bond donors (Lipinski definition) is 2. The minimum atomic E-state index is -0.559. The van der Waals surface area contributed by atoms with E-state index in [0.29, 0.717) is 17.2 Å². The molecule has 0 heterocycles. The maximum absolute atomic E-state index is 11.9. The molecule has 2 rings (SSSR count). The Morgan fingerprint density at radius 2 is 1.79 bits per heavy atom. The highest BCUT2D eigenvalue weighted by molar-refractivity contribution is 5.93. The molecule has 0 bridgehead atoms. The van der Waals surface area contributed by atoms with E-state index in [2.05, 4.69) is 17.6 Å². The van der Waals surface area contributed by atoms with Crippen LogP contribution in [0.15, 0.2) is 24.3 Å². The van der Waals surface area contributed by atoms with Crippen molar-refractivity contribution in [2.75, 3.05) is 11.9 Å². The molecule has 0 saturated heterocycles. The van der Waals surface area contributed by atoms with Gasteiger partial charge < -0.3 is 15.4 Å². The fraction of sp³-hybridized carbons (Fsp3) is 0.500. The first-order valence-corrected chi connectivity index (χ1v) is 8.30. The van der Waals surface area contributed by atoms with Gasteiger partial charge in [0.1, 0.15) is 0 Å². The predicted octanol–water partition coefficient (Wildman–Crippen LogP) is 2.50. The summed E-state index contributed by atoms with van der Waals surface area (Å²) in [5.74, 6) is -0.549. The van der Waals surface area contributed by atoms with Crippen molar-refractivity contribution in [3.63, 3.8) is 0 Å². The average Bonchev–Trinajstić information content (AvgIpc) is 2.55. The molecular formula is C18H24N2O4. The van der Waals surface area contributed by atoms with Crippen LogP contribution < -0.4 is 10.6 Å². The highest BCUT2D eigenvalue weighted by Crippen LogP contribution is 2.23. The van der Waals surface area contributed by atoms with E-state index in [1.807, 2.05) is 0 Å². The van der Waals surface area contributed by atoms with Gasteiger partial charge in [-0.05, 0) is 43.0 Å². The Labute approximate surface area is 142 Å². The number of carbonyl (C=O) groups is 3. The first-order valence-electron chi connectivity index (χ1n) is 8.30. The van der Waals surface area contributed by atoms with Crippen molar-refractivity contribution in [1.82, 2.24) is 5.32 Å². The monoisotopic (exact) mass is 332 g/mol. The highest BCUT2D eigenvalue weighted by Gasteiger charge is 2.23. The fourth-order valence-corrected chi connectivity index (χ4v) is 2.89. The average molecular weight is 332 g/mol. The van der Waals surface area contributed by atoms with Crippen molar-refractivity contribution in [3.05, 3.63) is 29.8 Å². The van der Waals surface area contributed by atoms with E-state index in [9.17, 15) is 14.4 Å². The van der Waals surface area contributed by atoms with Crippen LogP contribution >= 0.6 is 0 Å². The predicted molar refractivity (Wildman–Crippen MR) is 90.6 cm³/mol. The zero-order chi connectivity index (χ0) is 17.5. The lowest BCUT2D eigenvalue weighted by molar-refractivity contribution is -0.125. The number of hydrogen-bond acceptors (Lipinski definition) is 4. The summed E-state index contributed by atoms with van der Waals surface area (Å²) in [7, 11) is 0. The molecule has 6 heteroatoms. The van der Waals surface area contributed by atoms with Crippen LogP contribution in [-0.2, 0) is 14.3 Å². The van der Waals surface area contributed by atoms with Crippen LogP contribution in [0.2, 0.25) is 0 Å². The molecule has 6 nitrogen and oxygen atoms in total. The topological polar surface area (TPSA) is 84.5 Å². The Morgan fingerprint density at radius 3 is 2.42 bits per heavy atom. The summed E-state index contributed by atoms with van der Waals surface area (Å²) in [6.07, 6.45) is 4.42. The zero-order valence-electron chi connectivity index (χ0n) is 14.1. The van der Waals surface area contributed by atoms with Gasteiger partial charge >= 0.3 is 5.97 Å². The van der Waals surface area contributed by atoms with Crippen molar-refractivity contribution < 1.29 is 19.1 Å². The molecule has 1 aliphatic rings. The molecule has 2 N–H and O–H groups in total. The first kappa shape index (κ1) is 18.0. The molecule has 0 spiro atoms. The van der Waals surface area contributed by atoms with Gasteiger partial charge in [0, 0.05) is 18.7 Å². The lowest BCUT2D eigenvalue weighted by Gasteiger charge is -2.29. The Balaban J connectivity index is 1.79. The maximum atomic E-state index is 11.9. The van der Waals surface area contributed by atoms with Gasteiger partial charge in [0.15, 0.2) is 6.61 Å². The molecule has 2 atom stereocenters. The van der Waals surface area contributed by atoms with Crippen molar-refractivity contribution in [1.29, 1.82) is 0 Å². The second-order valence-corrected chi connectivity index (χ2v) is 6.27. The molecule has 1 saturated carbocycles. The smallest absolute Gasteiger partial charge is 0.338 e. The Morgan fingerprint density at radius 1 is 1.12 bits per heavy atom. The van der Waals surface area contributed by atoms with Crippen LogP contribution in [0.25, 0.3) is 0 Å². The zero-order valence-corrected chi connectivity index (χ0v) is 14.1. The summed E-state index contributed by atoms with van der Waals surface area (Å²) in [5, 5.41) is 5.56. The third-order valence-electron chi connectivity index (χ3n) is 4.23. The fourth-order valence-electron chi connectivity index (χ4n) is 2.89. The van der Waals surface area contributed by atoms with Gasteiger partial charge in [-0.15, -0.1) is 0 Å². The molecule has 1 fully saturated rings. The standard InChI is InChI=1S/C18H24N2O4/c1-12-5-3-4-6-16(12)20-17(22)11-24-18(23)14-7-9-15(10-8-14)19-13(2)21/h7-10,12,16H,3-6,11H2,1-2H3,(H,19,21)(H,20,22)/t12-,16+/m0/s1. The number of esters is 1. The van der Waals surface area contributed by atoms with Crippen molar-refractivity contribution in [2.24, 2.45) is 5.92 Å². The minimum Gasteiger partial charge on any atom is -0.452 e. The van der Waals surface area contributed by atoms with E-state index in [1.54, 1.807) is 24.3 Å². The van der Waals surface area contributed by atoms with E-state index in [0.717, 1.165) is 19.3 Å². The van der Waals surface area contributed by atoms with Crippen LogP contribution in [-0.4, -0.2) is 30.4 Å². The number of carbonyl (C=O) groups excluding carboxylic acids is 3. The Hall–Kier alpha value is -2.37. The van der Waals surface area contributed by atoms with E-state index < -0.39 is 5.97 Å². The normalized spacial score (nSPS) is 20.1. The van der Waals surface area contributed by atoms with Crippen molar-refractivity contribution in [2.45, 2.75) is 45.6 Å². The molecule has 24 heavy (non-hydrogen) atoms. The van der Waals surface area contributed by atoms with Crippen LogP contribution in [0, 0.1) is 5.92 Å². The molecule has 0 unspecified atom stereocenters. The molecule has 2 amide bonds. The summed E-state index contributed by atoms with van der Waals surface area (Å²) in [5.41, 5.74) is 0.936. The molecule has 0 radical (unpaired) electrons. The third-order valence-corrected chi connectivity index (χ3v) is 4.23. The molecule has 1 aromatic rings. The molecule has 1 aromatic carbocycles. The van der Waals surface area contributed by atoms with Gasteiger partial charge in [-0.2, -0.15) is 0 Å². The molecular weight excluding hydrogens is 308 g/mol. The Bertz CT molecular complexity index is 598. The van der Waals surface area contributed by atoms with Crippen molar-refractivity contribution in [3.8, 4) is 0 Å². The van der Waals surface area contributed by atoms with Crippen molar-refractivity contribution >= 4 is 23.5 Å². The maximum Gasteiger partial charge on any atom is 0.338 e. The lowest BCUT2D eigenvalue weighted by Crippen LogP contribution is -2.42. The van der Waals surface area contributed by atoms with Gasteiger partial charge in [-0.3, -0.25) is 9.59 Å². The third kappa shape index (κ3) is 5.37. The van der Waals surface area contributed by atoms with Gasteiger partial charge in [-0.1, -0.05) is 19.8 Å². The Kier molecular flexibility index (Phi) is 6.35. The van der Waals surface area contributed by atoms with Crippen LogP contribution in [0.5, 0.6) is 0 Å². The van der Waals surface area contributed by atoms with E-state index in [4.69, 9.17) is 4.74 Å². The largest absolute Gasteiger partial charge is 0.452 e. The van der Waals surface area contributed by atoms with Crippen LogP contribution in [0.1, 0.15) is 49.9 Å². The number of rotatable bonds is 5. The quantitative estimate of drug-likeness (QED) is 0.811. The molecule has 130 valence electrons. The number of ether oxygens (including phenoxy) is 1. The molecule has 0 aromatic heterocycles. The van der Waals surface area contributed by atoms with Gasteiger partial charge in [0.25, 0.3) is 5.91 Å². The van der Waals surface area contributed by atoms with Gasteiger partial charge in [0.05, 0.1) is 5.56 Å². The summed E-state index contributed by atoms with van der Waals surface area (Å²) in [4.78, 5) is 34.8. The van der Waals surface area contributed by atoms with Gasteiger partial charge in [0.2, 0.25) is 5.91 Å². The second-order valence-electron chi connectivity index (χ2n) is 6.27. The van der Waals surface area contributed by atoms with E-state index in [1.165, 1.54) is 13.3 Å². The van der Waals surface area contributed by atoms with Gasteiger partial charge in [-0.25, -0.2) is 4.79 Å². The number of nitrogens with one attached hydrogen (secondary N) is 2.